The van der Waals surface area contributed by atoms with Crippen LogP contribution in [0.2, 0.25) is 0 Å². The molecule has 1 aromatic carbocycles. The summed E-state index contributed by atoms with van der Waals surface area (Å²) in [6.45, 7) is 6.71. The average Bonchev–Trinajstić information content (AvgIpc) is 2.25. The molecular weight excluding hydrogens is 216 g/mol. The lowest BCUT2D eigenvalue weighted by molar-refractivity contribution is 0.414. The van der Waals surface area contributed by atoms with E-state index in [9.17, 15) is 0 Å². The number of ether oxygens (including phenoxy) is 1. The van der Waals surface area contributed by atoms with Gasteiger partial charge in [-0.3, -0.25) is 0 Å². The molecule has 0 aromatic heterocycles. The van der Waals surface area contributed by atoms with Gasteiger partial charge in [-0.1, -0.05) is 32.9 Å². The summed E-state index contributed by atoms with van der Waals surface area (Å²) in [4.78, 5) is 0. The fourth-order valence-electron chi connectivity index (χ4n) is 1.57. The molecule has 0 aliphatic heterocycles. The van der Waals surface area contributed by atoms with Crippen LogP contribution in [0.25, 0.3) is 5.57 Å². The lowest BCUT2D eigenvalue weighted by Crippen LogP contribution is -2.08. The molecule has 1 aromatic rings. The van der Waals surface area contributed by atoms with Crippen LogP contribution in [-0.4, -0.2) is 13.4 Å². The Morgan fingerprint density at radius 2 is 1.75 bits per heavy atom. The highest BCUT2D eigenvalue weighted by molar-refractivity contribution is 8.01. The van der Waals surface area contributed by atoms with Crippen LogP contribution < -0.4 is 4.74 Å². The predicted molar refractivity (Wildman–Crippen MR) is 73.9 cm³/mol. The first-order valence-electron chi connectivity index (χ1n) is 5.37. The first-order chi connectivity index (χ1) is 7.49. The second-order valence-corrected chi connectivity index (χ2v) is 5.45. The summed E-state index contributed by atoms with van der Waals surface area (Å²) < 4.78 is 5.17. The van der Waals surface area contributed by atoms with Gasteiger partial charge in [-0.05, 0) is 40.3 Å². The van der Waals surface area contributed by atoms with Crippen molar-refractivity contribution in [2.75, 3.05) is 13.4 Å². The van der Waals surface area contributed by atoms with Crippen molar-refractivity contribution in [1.29, 1.82) is 0 Å². The summed E-state index contributed by atoms with van der Waals surface area (Å²) in [5.74, 6) is 0.904. The molecule has 0 fully saturated rings. The number of thioether (sulfide) groups is 1. The van der Waals surface area contributed by atoms with Crippen molar-refractivity contribution in [2.24, 2.45) is 5.41 Å². The smallest absolute Gasteiger partial charge is 0.118 e. The van der Waals surface area contributed by atoms with Crippen LogP contribution in [-0.2, 0) is 0 Å². The van der Waals surface area contributed by atoms with E-state index < -0.39 is 0 Å². The molecule has 0 aliphatic rings. The predicted octanol–water partition coefficient (Wildman–Crippen LogP) is 4.45. The molecule has 0 unspecified atom stereocenters. The summed E-state index contributed by atoms with van der Waals surface area (Å²) in [5, 5.41) is 2.22. The summed E-state index contributed by atoms with van der Waals surface area (Å²) in [6, 6.07) is 8.25. The zero-order valence-electron chi connectivity index (χ0n) is 10.7. The maximum atomic E-state index is 5.17. The van der Waals surface area contributed by atoms with E-state index in [0.29, 0.717) is 0 Å². The summed E-state index contributed by atoms with van der Waals surface area (Å²) in [5.41, 5.74) is 2.79. The van der Waals surface area contributed by atoms with Gasteiger partial charge < -0.3 is 4.74 Å². The van der Waals surface area contributed by atoms with Crippen molar-refractivity contribution in [3.05, 3.63) is 35.2 Å². The van der Waals surface area contributed by atoms with Gasteiger partial charge >= 0.3 is 0 Å². The summed E-state index contributed by atoms with van der Waals surface area (Å²) in [6.07, 6.45) is 2.09. The topological polar surface area (TPSA) is 9.23 Å². The van der Waals surface area contributed by atoms with Crippen molar-refractivity contribution in [2.45, 2.75) is 20.8 Å². The Balaban J connectivity index is 3.08. The van der Waals surface area contributed by atoms with Gasteiger partial charge in [-0.15, -0.1) is 11.8 Å². The Hall–Kier alpha value is -0.890. The first kappa shape index (κ1) is 13.2. The number of allylic oxidation sites excluding steroid dienone is 1. The van der Waals surface area contributed by atoms with Crippen LogP contribution >= 0.6 is 11.8 Å². The standard InChI is InChI=1S/C14H20OS/c1-14(2,3)13(10-16-5)11-6-8-12(15-4)9-7-11/h6-10H,1-5H3/b13-10+. The molecule has 1 rings (SSSR count). The van der Waals surface area contributed by atoms with Crippen LogP contribution in [0.1, 0.15) is 26.3 Å². The molecule has 0 amide bonds. The first-order valence-corrected chi connectivity index (χ1v) is 6.65. The van der Waals surface area contributed by atoms with E-state index >= 15 is 0 Å². The second-order valence-electron chi connectivity index (χ2n) is 4.75. The Kier molecular flexibility index (Phi) is 4.48. The minimum atomic E-state index is 0.164. The highest BCUT2D eigenvalue weighted by Crippen LogP contribution is 2.35. The fraction of sp³-hybridized carbons (Fsp3) is 0.429. The third-order valence-electron chi connectivity index (χ3n) is 2.44. The highest BCUT2D eigenvalue weighted by atomic mass is 32.2. The lowest BCUT2D eigenvalue weighted by atomic mass is 9.83. The van der Waals surface area contributed by atoms with Crippen LogP contribution in [0.3, 0.4) is 0 Å². The number of benzene rings is 1. The van der Waals surface area contributed by atoms with Gasteiger partial charge in [0.1, 0.15) is 5.75 Å². The number of hydrogen-bond acceptors (Lipinski definition) is 2. The van der Waals surface area contributed by atoms with Crippen molar-refractivity contribution in [1.82, 2.24) is 0 Å². The van der Waals surface area contributed by atoms with Crippen molar-refractivity contribution >= 4 is 17.3 Å². The van der Waals surface area contributed by atoms with Crippen LogP contribution in [0.15, 0.2) is 29.7 Å². The number of methoxy groups -OCH3 is 1. The van der Waals surface area contributed by atoms with Gasteiger partial charge in [-0.25, -0.2) is 0 Å². The maximum Gasteiger partial charge on any atom is 0.118 e. The fourth-order valence-corrected chi connectivity index (χ4v) is 2.29. The van der Waals surface area contributed by atoms with E-state index in [-0.39, 0.29) is 5.41 Å². The zero-order valence-corrected chi connectivity index (χ0v) is 11.5. The van der Waals surface area contributed by atoms with Gasteiger partial charge in [0.25, 0.3) is 0 Å². The third kappa shape index (κ3) is 3.31. The Morgan fingerprint density at radius 3 is 2.12 bits per heavy atom. The highest BCUT2D eigenvalue weighted by Gasteiger charge is 2.18. The van der Waals surface area contributed by atoms with E-state index in [0.717, 1.165) is 5.75 Å². The summed E-state index contributed by atoms with van der Waals surface area (Å²) >= 11 is 1.75. The molecule has 0 bridgehead atoms. The van der Waals surface area contributed by atoms with Gasteiger partial charge in [0.05, 0.1) is 7.11 Å². The van der Waals surface area contributed by atoms with E-state index in [1.165, 1.54) is 11.1 Å². The molecule has 0 heterocycles. The van der Waals surface area contributed by atoms with Gasteiger partial charge in [-0.2, -0.15) is 0 Å². The molecule has 16 heavy (non-hydrogen) atoms. The van der Waals surface area contributed by atoms with Crippen molar-refractivity contribution < 1.29 is 4.74 Å². The number of rotatable bonds is 3. The molecule has 0 N–H and O–H groups in total. The maximum absolute atomic E-state index is 5.17. The quantitative estimate of drug-likeness (QED) is 0.767. The minimum Gasteiger partial charge on any atom is -0.497 e. The molecular formula is C14H20OS. The van der Waals surface area contributed by atoms with E-state index in [1.54, 1.807) is 18.9 Å². The molecule has 0 radical (unpaired) electrons. The molecule has 2 heteroatoms. The molecule has 1 nitrogen and oxygen atoms in total. The van der Waals surface area contributed by atoms with E-state index in [1.807, 2.05) is 12.1 Å². The Morgan fingerprint density at radius 1 is 1.19 bits per heavy atom. The Labute approximate surface area is 103 Å². The van der Waals surface area contributed by atoms with Gasteiger partial charge in [0.2, 0.25) is 0 Å². The average molecular weight is 236 g/mol. The molecule has 0 aliphatic carbocycles. The molecule has 0 spiro atoms. The van der Waals surface area contributed by atoms with E-state index in [4.69, 9.17) is 4.74 Å². The molecule has 0 saturated heterocycles. The van der Waals surface area contributed by atoms with Crippen LogP contribution in [0, 0.1) is 5.41 Å². The lowest BCUT2D eigenvalue weighted by Gasteiger charge is -2.23. The second kappa shape index (κ2) is 5.44. The van der Waals surface area contributed by atoms with Crippen molar-refractivity contribution in [3.8, 4) is 5.75 Å². The summed E-state index contributed by atoms with van der Waals surface area (Å²) in [7, 11) is 1.69. The zero-order chi connectivity index (χ0) is 12.2. The number of hydrogen-bond donors (Lipinski definition) is 0. The van der Waals surface area contributed by atoms with Crippen LogP contribution in [0.4, 0.5) is 0 Å². The monoisotopic (exact) mass is 236 g/mol. The Bertz CT molecular complexity index is 357. The van der Waals surface area contributed by atoms with Gasteiger partial charge in [0, 0.05) is 0 Å². The van der Waals surface area contributed by atoms with Crippen LogP contribution in [0.5, 0.6) is 5.75 Å². The van der Waals surface area contributed by atoms with Crippen molar-refractivity contribution in [3.63, 3.8) is 0 Å². The molecule has 0 saturated carbocycles. The largest absolute Gasteiger partial charge is 0.497 e. The molecule has 88 valence electrons. The van der Waals surface area contributed by atoms with E-state index in [2.05, 4.69) is 44.6 Å². The molecule has 0 atom stereocenters. The normalized spacial score (nSPS) is 12.7. The SMILES string of the molecule is COc1ccc(/C(=C\SC)C(C)(C)C)cc1. The van der Waals surface area contributed by atoms with Gasteiger partial charge in [0.15, 0.2) is 0 Å². The minimum absolute atomic E-state index is 0.164. The third-order valence-corrected chi connectivity index (χ3v) is 2.92.